The Morgan fingerprint density at radius 3 is 2.88 bits per heavy atom. The number of nitrogens with zero attached hydrogens (tertiary/aromatic N) is 3. The van der Waals surface area contributed by atoms with Gasteiger partial charge in [-0.15, -0.1) is 0 Å². The Morgan fingerprint density at radius 2 is 2.08 bits per heavy atom. The summed E-state index contributed by atoms with van der Waals surface area (Å²) in [6.45, 7) is 0. The lowest BCUT2D eigenvalue weighted by atomic mass is 9.99. The fourth-order valence-electron chi connectivity index (χ4n) is 2.64. The average molecular weight is 344 g/mol. The van der Waals surface area contributed by atoms with Crippen LogP contribution >= 0.6 is 0 Å². The Kier molecular flexibility index (Phi) is 5.20. The highest BCUT2D eigenvalue weighted by Crippen LogP contribution is 2.32. The van der Waals surface area contributed by atoms with Crippen molar-refractivity contribution < 1.29 is 9.90 Å². The van der Waals surface area contributed by atoms with Gasteiger partial charge in [-0.2, -0.15) is 5.26 Å². The molecule has 1 aromatic heterocycles. The maximum Gasteiger partial charge on any atom is 0.303 e. The second-order valence-corrected chi connectivity index (χ2v) is 5.59. The van der Waals surface area contributed by atoms with Crippen molar-refractivity contribution in [2.45, 2.75) is 12.8 Å². The molecule has 0 amide bonds. The molecule has 1 heterocycles. The minimum Gasteiger partial charge on any atom is -0.481 e. The molecule has 6 heteroatoms. The van der Waals surface area contributed by atoms with Gasteiger partial charge in [0.25, 0.3) is 0 Å². The van der Waals surface area contributed by atoms with E-state index in [1.165, 1.54) is 6.33 Å². The summed E-state index contributed by atoms with van der Waals surface area (Å²) in [5.41, 5.74) is 3.18. The van der Waals surface area contributed by atoms with E-state index < -0.39 is 5.97 Å². The molecule has 2 N–H and O–H groups in total. The number of carboxylic acids is 1. The third kappa shape index (κ3) is 3.84. The highest BCUT2D eigenvalue weighted by Gasteiger charge is 2.10. The van der Waals surface area contributed by atoms with E-state index in [4.69, 9.17) is 10.4 Å². The molecule has 0 aliphatic rings. The van der Waals surface area contributed by atoms with E-state index in [1.807, 2.05) is 36.4 Å². The number of hydrogen-bond acceptors (Lipinski definition) is 5. The van der Waals surface area contributed by atoms with Gasteiger partial charge in [0.1, 0.15) is 12.1 Å². The number of rotatable bonds is 6. The summed E-state index contributed by atoms with van der Waals surface area (Å²) >= 11 is 0. The van der Waals surface area contributed by atoms with Crippen molar-refractivity contribution in [3.8, 4) is 17.2 Å². The lowest BCUT2D eigenvalue weighted by molar-refractivity contribution is -0.136. The van der Waals surface area contributed by atoms with Crippen molar-refractivity contribution in [2.75, 3.05) is 5.32 Å². The van der Waals surface area contributed by atoms with E-state index in [9.17, 15) is 4.79 Å². The van der Waals surface area contributed by atoms with Gasteiger partial charge in [0.05, 0.1) is 22.5 Å². The van der Waals surface area contributed by atoms with Crippen LogP contribution in [0.1, 0.15) is 18.4 Å². The van der Waals surface area contributed by atoms with E-state index in [2.05, 4.69) is 21.4 Å². The monoisotopic (exact) mass is 344 g/mol. The summed E-state index contributed by atoms with van der Waals surface area (Å²) in [4.78, 5) is 19.2. The van der Waals surface area contributed by atoms with Crippen molar-refractivity contribution in [1.82, 2.24) is 9.97 Å². The quantitative estimate of drug-likeness (QED) is 0.702. The Bertz CT molecular complexity index is 1020. The van der Waals surface area contributed by atoms with E-state index in [0.29, 0.717) is 17.8 Å². The van der Waals surface area contributed by atoms with Gasteiger partial charge >= 0.3 is 5.97 Å². The van der Waals surface area contributed by atoms with Gasteiger partial charge in [-0.1, -0.05) is 30.3 Å². The van der Waals surface area contributed by atoms with Crippen molar-refractivity contribution >= 4 is 22.7 Å². The molecule has 3 aromatic rings. The topological polar surface area (TPSA) is 98.9 Å². The van der Waals surface area contributed by atoms with Gasteiger partial charge in [0.15, 0.2) is 0 Å². The first kappa shape index (κ1) is 17.1. The molecule has 2 aromatic carbocycles. The van der Waals surface area contributed by atoms with Crippen LogP contribution in [0, 0.1) is 11.3 Å². The number of benzene rings is 2. The third-order valence-electron chi connectivity index (χ3n) is 3.83. The van der Waals surface area contributed by atoms with Gasteiger partial charge in [-0.25, -0.2) is 9.97 Å². The smallest absolute Gasteiger partial charge is 0.303 e. The summed E-state index contributed by atoms with van der Waals surface area (Å²) in [5, 5.41) is 21.8. The number of carbonyl (C=O) groups is 1. The number of nitrogens with one attached hydrogen (secondary N) is 1. The molecule has 0 spiro atoms. The fraction of sp³-hybridized carbons (Fsp3) is 0.100. The summed E-state index contributed by atoms with van der Waals surface area (Å²) < 4.78 is 0. The van der Waals surface area contributed by atoms with E-state index in [1.54, 1.807) is 18.3 Å². The number of aromatic nitrogens is 2. The van der Waals surface area contributed by atoms with Crippen LogP contribution in [-0.4, -0.2) is 21.0 Å². The maximum atomic E-state index is 10.6. The molecule has 0 fully saturated rings. The number of anilines is 1. The molecule has 0 aliphatic carbocycles. The first-order valence-corrected chi connectivity index (χ1v) is 8.06. The second kappa shape index (κ2) is 7.90. The predicted octanol–water partition coefficient (Wildman–Crippen LogP) is 3.96. The molecule has 6 nitrogen and oxygen atoms in total. The van der Waals surface area contributed by atoms with Crippen LogP contribution in [0.15, 0.2) is 61.1 Å². The summed E-state index contributed by atoms with van der Waals surface area (Å²) in [7, 11) is 0. The molecule has 0 saturated heterocycles. The minimum absolute atomic E-state index is 0.0783. The average Bonchev–Trinajstić information content (AvgIpc) is 2.67. The molecular formula is C20H16N4O2. The van der Waals surface area contributed by atoms with Crippen molar-refractivity contribution in [3.05, 3.63) is 66.6 Å². The minimum atomic E-state index is -0.832. The lowest BCUT2D eigenvalue weighted by Gasteiger charge is -2.10. The first-order chi connectivity index (χ1) is 12.7. The van der Waals surface area contributed by atoms with E-state index in [0.717, 1.165) is 22.0 Å². The fourth-order valence-corrected chi connectivity index (χ4v) is 2.64. The van der Waals surface area contributed by atoms with E-state index >= 15 is 0 Å². The SMILES string of the molecule is N#Cc1cccc(-c2cccc3ncnc(N/C=C/CCC(=O)O)c23)c1. The Morgan fingerprint density at radius 1 is 1.23 bits per heavy atom. The molecule has 0 saturated carbocycles. The normalized spacial score (nSPS) is 10.7. The van der Waals surface area contributed by atoms with Crippen molar-refractivity contribution in [3.63, 3.8) is 0 Å². The van der Waals surface area contributed by atoms with Crippen molar-refractivity contribution in [1.29, 1.82) is 5.26 Å². The molecule has 0 bridgehead atoms. The Labute approximate surface area is 150 Å². The Hall–Kier alpha value is -3.72. The predicted molar refractivity (Wildman–Crippen MR) is 99.3 cm³/mol. The van der Waals surface area contributed by atoms with Crippen LogP contribution in [0.4, 0.5) is 5.82 Å². The molecule has 3 rings (SSSR count). The third-order valence-corrected chi connectivity index (χ3v) is 3.83. The number of aliphatic carboxylic acids is 1. The van der Waals surface area contributed by atoms with Crippen LogP contribution in [0.2, 0.25) is 0 Å². The van der Waals surface area contributed by atoms with Gasteiger partial charge in [0, 0.05) is 6.42 Å². The van der Waals surface area contributed by atoms with Gasteiger partial charge in [-0.3, -0.25) is 4.79 Å². The number of fused-ring (bicyclic) bond motifs is 1. The van der Waals surface area contributed by atoms with Crippen LogP contribution in [0.5, 0.6) is 0 Å². The number of allylic oxidation sites excluding steroid dienone is 1. The molecule has 0 radical (unpaired) electrons. The zero-order chi connectivity index (χ0) is 18.4. The largest absolute Gasteiger partial charge is 0.481 e. The van der Waals surface area contributed by atoms with Gasteiger partial charge in [-0.05, 0) is 41.9 Å². The molecule has 26 heavy (non-hydrogen) atoms. The van der Waals surface area contributed by atoms with Crippen LogP contribution in [-0.2, 0) is 4.79 Å². The highest BCUT2D eigenvalue weighted by atomic mass is 16.4. The summed E-state index contributed by atoms with van der Waals surface area (Å²) in [6.07, 6.45) is 5.43. The number of nitriles is 1. The molecule has 128 valence electrons. The second-order valence-electron chi connectivity index (χ2n) is 5.59. The first-order valence-electron chi connectivity index (χ1n) is 8.06. The molecule has 0 atom stereocenters. The molecular weight excluding hydrogens is 328 g/mol. The molecule has 0 unspecified atom stereocenters. The van der Waals surface area contributed by atoms with E-state index in [-0.39, 0.29) is 6.42 Å². The standard InChI is InChI=1S/C20H16N4O2/c21-12-14-5-3-6-15(11-14)16-7-4-8-17-19(16)20(24-13-23-17)22-10-2-1-9-18(25)26/h2-8,10-11,13H,1,9H2,(H,25,26)(H,22,23,24)/b10-2+. The van der Waals surface area contributed by atoms with Crippen LogP contribution in [0.25, 0.3) is 22.0 Å². The zero-order valence-electron chi connectivity index (χ0n) is 13.9. The molecule has 0 aliphatic heterocycles. The summed E-state index contributed by atoms with van der Waals surface area (Å²) in [6, 6.07) is 15.3. The zero-order valence-corrected chi connectivity index (χ0v) is 13.9. The van der Waals surface area contributed by atoms with Gasteiger partial charge < -0.3 is 10.4 Å². The maximum absolute atomic E-state index is 10.6. The summed E-state index contributed by atoms with van der Waals surface area (Å²) in [5.74, 6) is -0.207. The van der Waals surface area contributed by atoms with Crippen molar-refractivity contribution in [2.24, 2.45) is 0 Å². The lowest BCUT2D eigenvalue weighted by Crippen LogP contribution is -1.97. The van der Waals surface area contributed by atoms with Gasteiger partial charge in [0.2, 0.25) is 0 Å². The number of carboxylic acid groups (broad SMARTS) is 1. The van der Waals surface area contributed by atoms with Crippen LogP contribution in [0.3, 0.4) is 0 Å². The number of hydrogen-bond donors (Lipinski definition) is 2. The van der Waals surface area contributed by atoms with Crippen LogP contribution < -0.4 is 5.32 Å². The Balaban J connectivity index is 2.00. The highest BCUT2D eigenvalue weighted by molar-refractivity contribution is 6.01.